The maximum absolute atomic E-state index is 12.4. The van der Waals surface area contributed by atoms with E-state index in [1.165, 1.54) is 0 Å². The lowest BCUT2D eigenvalue weighted by Gasteiger charge is -2.11. The first-order valence-corrected chi connectivity index (χ1v) is 9.01. The van der Waals surface area contributed by atoms with Crippen molar-refractivity contribution in [2.24, 2.45) is 0 Å². The van der Waals surface area contributed by atoms with Crippen molar-refractivity contribution >= 4 is 32.6 Å². The van der Waals surface area contributed by atoms with Gasteiger partial charge in [0, 0.05) is 27.9 Å². The number of ketones is 1. The Morgan fingerprint density at radius 2 is 2.00 bits per heavy atom. The van der Waals surface area contributed by atoms with Crippen molar-refractivity contribution in [3.05, 3.63) is 64.3 Å². The molecule has 3 rings (SSSR count). The Labute approximate surface area is 160 Å². The number of nitrogens with zero attached hydrogens (tertiary/aromatic N) is 1. The van der Waals surface area contributed by atoms with E-state index in [4.69, 9.17) is 4.74 Å². The van der Waals surface area contributed by atoms with Gasteiger partial charge >= 0.3 is 0 Å². The summed E-state index contributed by atoms with van der Waals surface area (Å²) in [6, 6.07) is 9.51. The van der Waals surface area contributed by atoms with Crippen molar-refractivity contribution in [3.8, 4) is 17.2 Å². The van der Waals surface area contributed by atoms with E-state index in [9.17, 15) is 9.90 Å². The fourth-order valence-corrected chi connectivity index (χ4v) is 3.90. The van der Waals surface area contributed by atoms with Crippen molar-refractivity contribution in [2.75, 3.05) is 7.11 Å². The van der Waals surface area contributed by atoms with E-state index in [2.05, 4.69) is 22.5 Å². The molecule has 0 aliphatic carbocycles. The summed E-state index contributed by atoms with van der Waals surface area (Å²) in [5, 5.41) is 11.3. The van der Waals surface area contributed by atoms with E-state index in [1.54, 1.807) is 20.1 Å². The van der Waals surface area contributed by atoms with Crippen LogP contribution in [0.4, 0.5) is 0 Å². The number of rotatable bonds is 5. The molecule has 0 aliphatic rings. The Morgan fingerprint density at radius 1 is 1.35 bits per heavy atom. The van der Waals surface area contributed by atoms with Crippen molar-refractivity contribution in [1.82, 2.24) is 4.57 Å². The number of fused-ring (bicyclic) bond motifs is 1. The zero-order valence-corrected chi connectivity index (χ0v) is 16.6. The molecular formula is C21H20BrNO3. The molecule has 2 aromatic carbocycles. The Bertz CT molecular complexity index is 1020. The minimum atomic E-state index is -0.0354. The molecule has 4 nitrogen and oxygen atoms in total. The first-order valence-electron chi connectivity index (χ1n) is 8.22. The third kappa shape index (κ3) is 2.82. The van der Waals surface area contributed by atoms with Gasteiger partial charge in [0.1, 0.15) is 11.5 Å². The van der Waals surface area contributed by atoms with Crippen LogP contribution >= 0.6 is 15.9 Å². The van der Waals surface area contributed by atoms with Gasteiger partial charge in [-0.2, -0.15) is 0 Å². The van der Waals surface area contributed by atoms with E-state index in [1.807, 2.05) is 41.8 Å². The van der Waals surface area contributed by atoms with Crippen LogP contribution in [0.3, 0.4) is 0 Å². The molecule has 0 radical (unpaired) electrons. The molecular weight excluding hydrogens is 394 g/mol. The highest BCUT2D eigenvalue weighted by Crippen LogP contribution is 2.40. The van der Waals surface area contributed by atoms with Crippen molar-refractivity contribution in [1.29, 1.82) is 0 Å². The maximum atomic E-state index is 12.4. The predicted octanol–water partition coefficient (Wildman–Crippen LogP) is 5.35. The minimum Gasteiger partial charge on any atom is -0.506 e. The largest absolute Gasteiger partial charge is 0.506 e. The Balaban J connectivity index is 2.45. The number of carbonyl (C=O) groups excluding carboxylic acids is 1. The second-order valence-electron chi connectivity index (χ2n) is 6.12. The number of phenolic OH excluding ortho intramolecular Hbond substituents is 1. The number of benzene rings is 2. The Hall–Kier alpha value is -2.53. The number of hydrogen-bond donors (Lipinski definition) is 1. The second kappa shape index (κ2) is 7.00. The van der Waals surface area contributed by atoms with Gasteiger partial charge in [0.25, 0.3) is 0 Å². The van der Waals surface area contributed by atoms with Crippen molar-refractivity contribution in [2.45, 2.75) is 20.3 Å². The summed E-state index contributed by atoms with van der Waals surface area (Å²) >= 11 is 3.44. The molecule has 0 spiro atoms. The number of ether oxygens (including phenoxy) is 1. The molecule has 0 saturated heterocycles. The van der Waals surface area contributed by atoms with Gasteiger partial charge in [-0.1, -0.05) is 6.08 Å². The van der Waals surface area contributed by atoms with E-state index < -0.39 is 0 Å². The zero-order chi connectivity index (χ0) is 19.0. The fraction of sp³-hybridized carbons (Fsp3) is 0.190. The van der Waals surface area contributed by atoms with Gasteiger partial charge in [-0.15, -0.1) is 6.58 Å². The van der Waals surface area contributed by atoms with Crippen LogP contribution in [0.25, 0.3) is 16.6 Å². The van der Waals surface area contributed by atoms with E-state index in [-0.39, 0.29) is 11.5 Å². The monoisotopic (exact) mass is 413 g/mol. The standard InChI is InChI=1S/C21H20BrNO3/c1-5-6-16-20-18(11-17(22)21(16)25)23(12(2)19(20)13(3)24)14-7-9-15(26-4)10-8-14/h5,7-11,25H,1,6H2,2-4H3. The highest BCUT2D eigenvalue weighted by atomic mass is 79.9. The van der Waals surface area contributed by atoms with Crippen LogP contribution < -0.4 is 4.74 Å². The molecule has 0 unspecified atom stereocenters. The number of hydrogen-bond acceptors (Lipinski definition) is 3. The number of phenols is 1. The number of aromatic nitrogens is 1. The average molecular weight is 414 g/mol. The summed E-state index contributed by atoms with van der Waals surface area (Å²) in [6.07, 6.45) is 2.19. The fourth-order valence-electron chi connectivity index (χ4n) is 3.44. The Morgan fingerprint density at radius 3 is 2.54 bits per heavy atom. The number of halogens is 1. The molecule has 1 aromatic heterocycles. The molecule has 0 atom stereocenters. The highest BCUT2D eigenvalue weighted by molar-refractivity contribution is 9.10. The van der Waals surface area contributed by atoms with Crippen LogP contribution in [0, 0.1) is 6.92 Å². The first-order chi connectivity index (χ1) is 12.4. The van der Waals surface area contributed by atoms with Crippen LogP contribution in [0.5, 0.6) is 11.5 Å². The van der Waals surface area contributed by atoms with Gasteiger partial charge in [0.15, 0.2) is 5.78 Å². The molecule has 0 fully saturated rings. The molecule has 3 aromatic rings. The van der Waals surface area contributed by atoms with E-state index in [0.717, 1.165) is 28.0 Å². The number of methoxy groups -OCH3 is 1. The van der Waals surface area contributed by atoms with Gasteiger partial charge in [-0.25, -0.2) is 0 Å². The summed E-state index contributed by atoms with van der Waals surface area (Å²) in [5.74, 6) is 0.874. The molecule has 0 aliphatic heterocycles. The van der Waals surface area contributed by atoms with Crippen LogP contribution in [0.2, 0.25) is 0 Å². The molecule has 26 heavy (non-hydrogen) atoms. The van der Waals surface area contributed by atoms with Gasteiger partial charge in [-0.3, -0.25) is 4.79 Å². The van der Waals surface area contributed by atoms with Crippen LogP contribution in [-0.4, -0.2) is 22.6 Å². The van der Waals surface area contributed by atoms with E-state index >= 15 is 0 Å². The quantitative estimate of drug-likeness (QED) is 0.453. The first kappa shape index (κ1) is 18.3. The number of carbonyl (C=O) groups is 1. The smallest absolute Gasteiger partial charge is 0.162 e. The molecule has 134 valence electrons. The molecule has 0 amide bonds. The summed E-state index contributed by atoms with van der Waals surface area (Å²) in [6.45, 7) is 7.26. The molecule has 1 heterocycles. The number of Topliss-reactive ketones (excluding diaryl/α,β-unsaturated/α-hetero) is 1. The van der Waals surface area contributed by atoms with Crippen LogP contribution in [0.15, 0.2) is 47.5 Å². The van der Waals surface area contributed by atoms with E-state index in [0.29, 0.717) is 22.0 Å². The van der Waals surface area contributed by atoms with Gasteiger partial charge in [-0.05, 0) is 66.5 Å². The molecule has 5 heteroatoms. The lowest BCUT2D eigenvalue weighted by atomic mass is 9.99. The predicted molar refractivity (Wildman–Crippen MR) is 108 cm³/mol. The Kier molecular flexibility index (Phi) is 4.92. The second-order valence-corrected chi connectivity index (χ2v) is 6.98. The summed E-state index contributed by atoms with van der Waals surface area (Å²) in [4.78, 5) is 12.4. The van der Waals surface area contributed by atoms with Crippen LogP contribution in [0.1, 0.15) is 28.5 Å². The molecule has 0 bridgehead atoms. The number of aromatic hydroxyl groups is 1. The molecule has 0 saturated carbocycles. The minimum absolute atomic E-state index is 0.0354. The zero-order valence-electron chi connectivity index (χ0n) is 15.0. The SMILES string of the molecule is C=CCc1c(O)c(Br)cc2c1c(C(C)=O)c(C)n2-c1ccc(OC)cc1. The van der Waals surface area contributed by atoms with Gasteiger partial charge in [0.05, 0.1) is 17.1 Å². The summed E-state index contributed by atoms with van der Waals surface area (Å²) < 4.78 is 7.85. The third-order valence-corrected chi connectivity index (χ3v) is 5.16. The number of allylic oxidation sites excluding steroid dienone is 1. The summed E-state index contributed by atoms with van der Waals surface area (Å²) in [5.41, 5.74) is 3.93. The average Bonchev–Trinajstić information content (AvgIpc) is 2.91. The van der Waals surface area contributed by atoms with Crippen molar-refractivity contribution in [3.63, 3.8) is 0 Å². The third-order valence-electron chi connectivity index (χ3n) is 4.55. The molecule has 1 N–H and O–H groups in total. The van der Waals surface area contributed by atoms with Gasteiger partial charge < -0.3 is 14.4 Å². The maximum Gasteiger partial charge on any atom is 0.162 e. The van der Waals surface area contributed by atoms with Crippen molar-refractivity contribution < 1.29 is 14.6 Å². The lowest BCUT2D eigenvalue weighted by molar-refractivity contribution is 0.101. The highest BCUT2D eigenvalue weighted by Gasteiger charge is 2.23. The lowest BCUT2D eigenvalue weighted by Crippen LogP contribution is -2.00. The summed E-state index contributed by atoms with van der Waals surface area (Å²) in [7, 11) is 1.63. The normalized spacial score (nSPS) is 10.9. The van der Waals surface area contributed by atoms with Crippen LogP contribution in [-0.2, 0) is 6.42 Å². The topological polar surface area (TPSA) is 51.5 Å². The van der Waals surface area contributed by atoms with Gasteiger partial charge in [0.2, 0.25) is 0 Å².